The van der Waals surface area contributed by atoms with E-state index in [0.29, 0.717) is 19.5 Å². The van der Waals surface area contributed by atoms with Gasteiger partial charge in [0, 0.05) is 32.6 Å². The average molecular weight is 287 g/mol. The number of amides is 2. The van der Waals surface area contributed by atoms with Crippen molar-refractivity contribution < 1.29 is 9.59 Å². The van der Waals surface area contributed by atoms with Gasteiger partial charge in [-0.1, -0.05) is 30.3 Å². The first-order valence-electron chi connectivity index (χ1n) is 7.58. The van der Waals surface area contributed by atoms with Crippen molar-refractivity contribution in [1.29, 1.82) is 0 Å². The fourth-order valence-electron chi connectivity index (χ4n) is 3.10. The molecule has 21 heavy (non-hydrogen) atoms. The molecule has 0 aliphatic carbocycles. The molecule has 1 aromatic rings. The molecule has 2 saturated heterocycles. The van der Waals surface area contributed by atoms with Crippen LogP contribution in [0.15, 0.2) is 30.3 Å². The van der Waals surface area contributed by atoms with Crippen LogP contribution < -0.4 is 5.32 Å². The molecule has 0 bridgehead atoms. The lowest BCUT2D eigenvalue weighted by Crippen LogP contribution is -2.51. The lowest BCUT2D eigenvalue weighted by atomic mass is 10.0. The van der Waals surface area contributed by atoms with Crippen molar-refractivity contribution in [1.82, 2.24) is 15.1 Å². The predicted octanol–water partition coefficient (Wildman–Crippen LogP) is 0.782. The van der Waals surface area contributed by atoms with Crippen molar-refractivity contribution in [3.05, 3.63) is 35.9 Å². The molecule has 1 aromatic carbocycles. The second-order valence-corrected chi connectivity index (χ2v) is 5.64. The molecule has 2 aliphatic heterocycles. The van der Waals surface area contributed by atoms with Crippen molar-refractivity contribution in [2.24, 2.45) is 0 Å². The zero-order valence-corrected chi connectivity index (χ0v) is 12.1. The standard InChI is InChI=1S/C16H21N3O2/c20-15-7-4-9-18(15)12-16(21)19-10-8-17-11-14(19)13-5-2-1-3-6-13/h1-3,5-6,14,17H,4,7-12H2/t14-/m1/s1. The van der Waals surface area contributed by atoms with Crippen molar-refractivity contribution >= 4 is 11.8 Å². The fourth-order valence-corrected chi connectivity index (χ4v) is 3.10. The summed E-state index contributed by atoms with van der Waals surface area (Å²) in [5.74, 6) is 0.162. The van der Waals surface area contributed by atoms with E-state index in [1.807, 2.05) is 23.1 Å². The van der Waals surface area contributed by atoms with Gasteiger partial charge in [0.15, 0.2) is 0 Å². The van der Waals surface area contributed by atoms with Crippen LogP contribution >= 0.6 is 0 Å². The molecule has 2 aliphatic rings. The highest BCUT2D eigenvalue weighted by molar-refractivity contribution is 5.86. The molecule has 1 atom stereocenters. The third-order valence-corrected chi connectivity index (χ3v) is 4.25. The summed E-state index contributed by atoms with van der Waals surface area (Å²) in [7, 11) is 0. The Bertz CT molecular complexity index is 518. The Kier molecular flexibility index (Phi) is 4.20. The minimum atomic E-state index is 0.0561. The van der Waals surface area contributed by atoms with Gasteiger partial charge in [-0.2, -0.15) is 0 Å². The largest absolute Gasteiger partial charge is 0.333 e. The van der Waals surface area contributed by atoms with Crippen molar-refractivity contribution in [3.63, 3.8) is 0 Å². The van der Waals surface area contributed by atoms with E-state index in [2.05, 4.69) is 17.4 Å². The second-order valence-electron chi connectivity index (χ2n) is 5.64. The number of hydrogen-bond donors (Lipinski definition) is 1. The maximum Gasteiger partial charge on any atom is 0.242 e. The van der Waals surface area contributed by atoms with Gasteiger partial charge in [0.2, 0.25) is 11.8 Å². The van der Waals surface area contributed by atoms with E-state index < -0.39 is 0 Å². The van der Waals surface area contributed by atoms with Crippen LogP contribution in [0, 0.1) is 0 Å². The van der Waals surface area contributed by atoms with Crippen LogP contribution in [0.2, 0.25) is 0 Å². The summed E-state index contributed by atoms with van der Waals surface area (Å²) in [5, 5.41) is 3.35. The summed E-state index contributed by atoms with van der Waals surface area (Å²) in [6, 6.07) is 10.1. The Labute approximate surface area is 124 Å². The topological polar surface area (TPSA) is 52.7 Å². The van der Waals surface area contributed by atoms with E-state index in [-0.39, 0.29) is 24.4 Å². The predicted molar refractivity (Wildman–Crippen MR) is 79.6 cm³/mol. The Balaban J connectivity index is 1.71. The second kappa shape index (κ2) is 6.26. The van der Waals surface area contributed by atoms with Crippen LogP contribution in [0.5, 0.6) is 0 Å². The van der Waals surface area contributed by atoms with Gasteiger partial charge < -0.3 is 15.1 Å². The van der Waals surface area contributed by atoms with Crippen LogP contribution in [0.25, 0.3) is 0 Å². The Morgan fingerprint density at radius 2 is 2.05 bits per heavy atom. The van der Waals surface area contributed by atoms with E-state index in [9.17, 15) is 9.59 Å². The molecule has 2 fully saturated rings. The van der Waals surface area contributed by atoms with Gasteiger partial charge in [-0.05, 0) is 12.0 Å². The Hall–Kier alpha value is -1.88. The molecule has 0 spiro atoms. The lowest BCUT2D eigenvalue weighted by molar-refractivity contribution is -0.140. The van der Waals surface area contributed by atoms with Crippen LogP contribution in [-0.2, 0) is 9.59 Å². The van der Waals surface area contributed by atoms with Crippen molar-refractivity contribution in [3.8, 4) is 0 Å². The molecule has 112 valence electrons. The molecule has 0 unspecified atom stereocenters. The zero-order chi connectivity index (χ0) is 14.7. The molecule has 0 radical (unpaired) electrons. The number of benzene rings is 1. The van der Waals surface area contributed by atoms with Crippen molar-refractivity contribution in [2.75, 3.05) is 32.7 Å². The Morgan fingerprint density at radius 3 is 2.76 bits per heavy atom. The normalized spacial score (nSPS) is 22.7. The third kappa shape index (κ3) is 3.08. The van der Waals surface area contributed by atoms with E-state index >= 15 is 0 Å². The molecular formula is C16H21N3O2. The van der Waals surface area contributed by atoms with Gasteiger partial charge in [0.25, 0.3) is 0 Å². The van der Waals surface area contributed by atoms with Gasteiger partial charge in [-0.15, -0.1) is 0 Å². The van der Waals surface area contributed by atoms with Gasteiger partial charge in [0.05, 0.1) is 12.6 Å². The summed E-state index contributed by atoms with van der Waals surface area (Å²) in [4.78, 5) is 27.9. The molecule has 5 heteroatoms. The maximum absolute atomic E-state index is 12.6. The van der Waals surface area contributed by atoms with E-state index in [4.69, 9.17) is 0 Å². The highest BCUT2D eigenvalue weighted by Gasteiger charge is 2.30. The van der Waals surface area contributed by atoms with Crippen LogP contribution in [0.3, 0.4) is 0 Å². The van der Waals surface area contributed by atoms with Gasteiger partial charge in [0.1, 0.15) is 0 Å². The first kappa shape index (κ1) is 14.1. The van der Waals surface area contributed by atoms with Crippen LogP contribution in [0.4, 0.5) is 0 Å². The lowest BCUT2D eigenvalue weighted by Gasteiger charge is -2.37. The molecule has 5 nitrogen and oxygen atoms in total. The number of piperazine rings is 1. The summed E-state index contributed by atoms with van der Waals surface area (Å²) < 4.78 is 0. The number of nitrogens with zero attached hydrogens (tertiary/aromatic N) is 2. The van der Waals surface area contributed by atoms with E-state index in [1.54, 1.807) is 4.90 Å². The first-order valence-corrected chi connectivity index (χ1v) is 7.58. The summed E-state index contributed by atoms with van der Waals surface area (Å²) >= 11 is 0. The highest BCUT2D eigenvalue weighted by atomic mass is 16.2. The first-order chi connectivity index (χ1) is 10.3. The van der Waals surface area contributed by atoms with Crippen LogP contribution in [0.1, 0.15) is 24.4 Å². The van der Waals surface area contributed by atoms with Gasteiger partial charge in [-0.25, -0.2) is 0 Å². The fraction of sp³-hybridized carbons (Fsp3) is 0.500. The molecule has 3 rings (SSSR count). The molecule has 0 aromatic heterocycles. The molecule has 0 saturated carbocycles. The minimum absolute atomic E-state index is 0.0561. The number of likely N-dealkylation sites (tertiary alicyclic amines) is 1. The minimum Gasteiger partial charge on any atom is -0.333 e. The van der Waals surface area contributed by atoms with Crippen molar-refractivity contribution in [2.45, 2.75) is 18.9 Å². The van der Waals surface area contributed by atoms with Crippen LogP contribution in [-0.4, -0.2) is 54.3 Å². The van der Waals surface area contributed by atoms with E-state index in [1.165, 1.54) is 0 Å². The number of carbonyl (C=O) groups is 2. The molecular weight excluding hydrogens is 266 g/mol. The third-order valence-electron chi connectivity index (χ3n) is 4.25. The molecule has 2 amide bonds. The average Bonchev–Trinajstić information content (AvgIpc) is 2.93. The Morgan fingerprint density at radius 1 is 1.24 bits per heavy atom. The van der Waals surface area contributed by atoms with Gasteiger partial charge in [-0.3, -0.25) is 9.59 Å². The molecule has 1 N–H and O–H groups in total. The SMILES string of the molecule is O=C1CCCN1CC(=O)N1CCNC[C@@H]1c1ccccc1. The highest BCUT2D eigenvalue weighted by Crippen LogP contribution is 2.22. The monoisotopic (exact) mass is 287 g/mol. The zero-order valence-electron chi connectivity index (χ0n) is 12.1. The number of hydrogen-bond acceptors (Lipinski definition) is 3. The quantitative estimate of drug-likeness (QED) is 0.894. The summed E-state index contributed by atoms with van der Waals surface area (Å²) in [6.45, 7) is 3.21. The number of rotatable bonds is 3. The van der Waals surface area contributed by atoms with Gasteiger partial charge >= 0.3 is 0 Å². The maximum atomic E-state index is 12.6. The van der Waals surface area contributed by atoms with E-state index in [0.717, 1.165) is 25.1 Å². The summed E-state index contributed by atoms with van der Waals surface area (Å²) in [6.07, 6.45) is 1.45. The number of carbonyl (C=O) groups excluding carboxylic acids is 2. The smallest absolute Gasteiger partial charge is 0.242 e. The molecule has 2 heterocycles. The summed E-state index contributed by atoms with van der Waals surface area (Å²) in [5.41, 5.74) is 1.14. The number of nitrogens with one attached hydrogen (secondary N) is 1.